The quantitative estimate of drug-likeness (QED) is 0.518. The summed E-state index contributed by atoms with van der Waals surface area (Å²) in [5.74, 6) is -2.12. The van der Waals surface area contributed by atoms with Gasteiger partial charge in [-0.05, 0) is 63.6 Å². The van der Waals surface area contributed by atoms with Gasteiger partial charge in [-0.25, -0.2) is 0 Å². The molecule has 2 aromatic rings. The van der Waals surface area contributed by atoms with Gasteiger partial charge in [0.1, 0.15) is 11.6 Å². The van der Waals surface area contributed by atoms with E-state index in [1.165, 1.54) is 12.0 Å². The van der Waals surface area contributed by atoms with Crippen molar-refractivity contribution in [2.75, 3.05) is 18.4 Å². The molecule has 0 aromatic heterocycles. The zero-order valence-electron chi connectivity index (χ0n) is 23.2. The molecule has 2 saturated heterocycles. The van der Waals surface area contributed by atoms with E-state index in [0.717, 1.165) is 36.0 Å². The number of aryl methyl sites for hydroxylation is 2. The van der Waals surface area contributed by atoms with Gasteiger partial charge in [-0.1, -0.05) is 71.3 Å². The lowest BCUT2D eigenvalue weighted by Crippen LogP contribution is -2.60. The standard InChI is InChI=1S/C33H37N3O4/c1-21-8-12-24(13-9-21)29-31(38)34-20-33-18-16-26(40-33)27(30(37)35-25-14-10-22(2)11-15-25)28(33)32(39)36(29)19-17-23-6-4-3-5-7-23/h6,8-16,18,26-29H,3-5,7,17,19-20H2,1-2H3,(H,34,38)(H,35,37)/t26-,27-,28+,29-,33+/m1/s1. The number of hydrogen-bond donors (Lipinski definition) is 2. The average Bonchev–Trinajstić information content (AvgIpc) is 3.53. The van der Waals surface area contributed by atoms with Crippen LogP contribution in [-0.4, -0.2) is 47.4 Å². The number of anilines is 1. The summed E-state index contributed by atoms with van der Waals surface area (Å²) >= 11 is 0. The second-order valence-corrected chi connectivity index (χ2v) is 11.7. The molecule has 3 aliphatic heterocycles. The molecular weight excluding hydrogens is 502 g/mol. The third kappa shape index (κ3) is 4.87. The third-order valence-electron chi connectivity index (χ3n) is 8.88. The van der Waals surface area contributed by atoms with Crippen LogP contribution in [-0.2, 0) is 19.1 Å². The largest absolute Gasteiger partial charge is 0.360 e. The van der Waals surface area contributed by atoms with Gasteiger partial charge < -0.3 is 20.3 Å². The first-order valence-electron chi connectivity index (χ1n) is 14.4. The van der Waals surface area contributed by atoms with Gasteiger partial charge in [0.05, 0.1) is 24.5 Å². The Hall–Kier alpha value is -3.71. The zero-order valence-corrected chi connectivity index (χ0v) is 23.2. The van der Waals surface area contributed by atoms with E-state index in [1.807, 2.05) is 74.5 Å². The second kappa shape index (κ2) is 10.7. The van der Waals surface area contributed by atoms with Crippen molar-refractivity contribution in [3.63, 3.8) is 0 Å². The van der Waals surface area contributed by atoms with E-state index in [1.54, 1.807) is 4.90 Å². The van der Waals surface area contributed by atoms with Gasteiger partial charge in [-0.15, -0.1) is 0 Å². The maximum Gasteiger partial charge on any atom is 0.247 e. The SMILES string of the molecule is Cc1ccc(NC(=O)[C@H]2[C@H]3C(=O)N(CCC4=CCCCC4)[C@H](c4ccc(C)cc4)C(=O)NC[C@@]34C=C[C@H]2O4)cc1. The molecule has 0 unspecified atom stereocenters. The van der Waals surface area contributed by atoms with Gasteiger partial charge in [0, 0.05) is 12.2 Å². The normalized spacial score (nSPS) is 29.4. The highest BCUT2D eigenvalue weighted by Crippen LogP contribution is 2.49. The van der Waals surface area contributed by atoms with Gasteiger partial charge >= 0.3 is 0 Å². The van der Waals surface area contributed by atoms with E-state index < -0.39 is 29.6 Å². The van der Waals surface area contributed by atoms with Gasteiger partial charge in [0.2, 0.25) is 17.7 Å². The van der Waals surface area contributed by atoms with E-state index >= 15 is 0 Å². The Bertz CT molecular complexity index is 1360. The average molecular weight is 540 g/mol. The van der Waals surface area contributed by atoms with Crippen molar-refractivity contribution in [3.05, 3.63) is 89.0 Å². The lowest BCUT2D eigenvalue weighted by Gasteiger charge is -2.42. The molecule has 2 fully saturated rings. The van der Waals surface area contributed by atoms with E-state index in [4.69, 9.17) is 4.74 Å². The minimum Gasteiger partial charge on any atom is -0.360 e. The molecule has 0 saturated carbocycles. The number of amides is 3. The Morgan fingerprint density at radius 3 is 2.48 bits per heavy atom. The number of fused-ring (bicyclic) bond motifs is 1. The Morgan fingerprint density at radius 2 is 1.77 bits per heavy atom. The molecule has 7 nitrogen and oxygen atoms in total. The van der Waals surface area contributed by atoms with Crippen LogP contribution < -0.4 is 10.6 Å². The molecule has 2 aromatic carbocycles. The number of nitrogens with zero attached hydrogens (tertiary/aromatic N) is 1. The summed E-state index contributed by atoms with van der Waals surface area (Å²) < 4.78 is 6.36. The molecule has 1 aliphatic carbocycles. The summed E-state index contributed by atoms with van der Waals surface area (Å²) in [6.45, 7) is 4.54. The number of benzene rings is 2. The van der Waals surface area contributed by atoms with Crippen LogP contribution in [0.3, 0.4) is 0 Å². The molecule has 4 aliphatic rings. The van der Waals surface area contributed by atoms with Crippen LogP contribution >= 0.6 is 0 Å². The minimum atomic E-state index is -1.05. The van der Waals surface area contributed by atoms with Crippen LogP contribution in [0.15, 0.2) is 72.3 Å². The van der Waals surface area contributed by atoms with E-state index in [-0.39, 0.29) is 24.3 Å². The topological polar surface area (TPSA) is 87.7 Å². The summed E-state index contributed by atoms with van der Waals surface area (Å²) in [4.78, 5) is 43.9. The van der Waals surface area contributed by atoms with Crippen molar-refractivity contribution >= 4 is 23.4 Å². The third-order valence-corrected chi connectivity index (χ3v) is 8.88. The van der Waals surface area contributed by atoms with Crippen LogP contribution in [0, 0.1) is 25.7 Å². The van der Waals surface area contributed by atoms with Gasteiger partial charge in [0.15, 0.2) is 0 Å². The van der Waals surface area contributed by atoms with Gasteiger partial charge in [-0.3, -0.25) is 14.4 Å². The fraction of sp³-hybridized carbons (Fsp3) is 0.424. The van der Waals surface area contributed by atoms with Crippen LogP contribution in [0.5, 0.6) is 0 Å². The molecule has 208 valence electrons. The number of rotatable bonds is 6. The number of carbonyl (C=O) groups excluding carboxylic acids is 3. The van der Waals surface area contributed by atoms with Crippen LogP contribution in [0.25, 0.3) is 0 Å². The number of hydrogen-bond acceptors (Lipinski definition) is 4. The van der Waals surface area contributed by atoms with Crippen molar-refractivity contribution in [2.24, 2.45) is 11.8 Å². The molecule has 5 atom stereocenters. The highest BCUT2D eigenvalue weighted by molar-refractivity contribution is 6.00. The maximum atomic E-state index is 14.7. The summed E-state index contributed by atoms with van der Waals surface area (Å²) in [5.41, 5.74) is 3.91. The summed E-state index contributed by atoms with van der Waals surface area (Å²) in [7, 11) is 0. The van der Waals surface area contributed by atoms with E-state index in [9.17, 15) is 14.4 Å². The van der Waals surface area contributed by atoms with Crippen molar-refractivity contribution in [1.82, 2.24) is 10.2 Å². The fourth-order valence-electron chi connectivity index (χ4n) is 6.67. The van der Waals surface area contributed by atoms with E-state index in [2.05, 4.69) is 16.7 Å². The molecule has 3 amide bonds. The first kappa shape index (κ1) is 26.5. The second-order valence-electron chi connectivity index (χ2n) is 11.7. The molecule has 0 radical (unpaired) electrons. The first-order chi connectivity index (χ1) is 19.3. The number of ether oxygens (including phenoxy) is 1. The van der Waals surface area contributed by atoms with Crippen LogP contribution in [0.4, 0.5) is 5.69 Å². The Kier molecular flexibility index (Phi) is 7.09. The van der Waals surface area contributed by atoms with Gasteiger partial charge in [-0.2, -0.15) is 0 Å². The van der Waals surface area contributed by atoms with Crippen LogP contribution in [0.2, 0.25) is 0 Å². The molecule has 7 heteroatoms. The highest BCUT2D eigenvalue weighted by Gasteiger charge is 2.63. The smallest absolute Gasteiger partial charge is 0.247 e. The molecule has 3 heterocycles. The van der Waals surface area contributed by atoms with Crippen molar-refractivity contribution in [2.45, 2.75) is 63.7 Å². The van der Waals surface area contributed by atoms with E-state index in [0.29, 0.717) is 18.7 Å². The number of allylic oxidation sites excluding steroid dienone is 1. The predicted octanol–water partition coefficient (Wildman–Crippen LogP) is 4.77. The Labute approximate surface area is 235 Å². The minimum absolute atomic E-state index is 0.144. The Morgan fingerprint density at radius 1 is 1.05 bits per heavy atom. The zero-order chi connectivity index (χ0) is 27.9. The van der Waals surface area contributed by atoms with Crippen molar-refractivity contribution in [1.29, 1.82) is 0 Å². The van der Waals surface area contributed by atoms with Crippen LogP contribution in [0.1, 0.15) is 54.8 Å². The molecule has 2 bridgehead atoms. The highest BCUT2D eigenvalue weighted by atomic mass is 16.5. The molecule has 1 spiro atoms. The fourth-order valence-corrected chi connectivity index (χ4v) is 6.67. The Balaban J connectivity index is 1.36. The summed E-state index contributed by atoms with van der Waals surface area (Å²) in [6.07, 6.45) is 10.6. The first-order valence-corrected chi connectivity index (χ1v) is 14.4. The lowest BCUT2D eigenvalue weighted by molar-refractivity contribution is -0.152. The predicted molar refractivity (Wildman–Crippen MR) is 153 cm³/mol. The summed E-state index contributed by atoms with van der Waals surface area (Å²) in [6, 6.07) is 14.6. The van der Waals surface area contributed by atoms with Crippen molar-refractivity contribution < 1.29 is 19.1 Å². The summed E-state index contributed by atoms with van der Waals surface area (Å²) in [5, 5.41) is 6.10. The molecule has 6 rings (SSSR count). The number of nitrogens with one attached hydrogen (secondary N) is 2. The number of carbonyl (C=O) groups is 3. The maximum absolute atomic E-state index is 14.7. The van der Waals surface area contributed by atoms with Crippen molar-refractivity contribution in [3.8, 4) is 0 Å². The van der Waals surface area contributed by atoms with Gasteiger partial charge in [0.25, 0.3) is 0 Å². The molecule has 40 heavy (non-hydrogen) atoms. The molecular formula is C33H37N3O4. The lowest BCUT2D eigenvalue weighted by atomic mass is 9.73. The monoisotopic (exact) mass is 539 g/mol. The molecule has 2 N–H and O–H groups in total.